The van der Waals surface area contributed by atoms with E-state index in [9.17, 15) is 9.59 Å². The summed E-state index contributed by atoms with van der Waals surface area (Å²) in [5, 5.41) is 5.29. The molecule has 0 unspecified atom stereocenters. The van der Waals surface area contributed by atoms with Gasteiger partial charge in [0.05, 0.1) is 0 Å². The second-order valence-electron chi connectivity index (χ2n) is 7.91. The third kappa shape index (κ3) is 5.85. The van der Waals surface area contributed by atoms with Gasteiger partial charge in [0.2, 0.25) is 0 Å². The van der Waals surface area contributed by atoms with Crippen molar-refractivity contribution in [2.45, 2.75) is 32.6 Å². The van der Waals surface area contributed by atoms with Gasteiger partial charge in [0, 0.05) is 16.9 Å². The average molecular weight is 418 g/mol. The van der Waals surface area contributed by atoms with Crippen molar-refractivity contribution in [1.29, 1.82) is 0 Å². The largest absolute Gasteiger partial charge is 0.457 e. The number of nitrogens with two attached hydrogens (primary N) is 1. The highest BCUT2D eigenvalue weighted by molar-refractivity contribution is 6.04. The molecule has 0 aliphatic carbocycles. The van der Waals surface area contributed by atoms with Crippen LogP contribution in [0.2, 0.25) is 0 Å². The van der Waals surface area contributed by atoms with E-state index in [1.54, 1.807) is 48.5 Å². The maximum Gasteiger partial charge on any atom is 0.316 e. The SMILES string of the molecule is CCC(C)(C)c1ccc(Oc2ccc(NC(=O)c3ccc(NC(N)=O)cc3)cc2)cc1. The van der Waals surface area contributed by atoms with Crippen molar-refractivity contribution in [1.82, 2.24) is 0 Å². The summed E-state index contributed by atoms with van der Waals surface area (Å²) in [6, 6.07) is 21.1. The lowest BCUT2D eigenvalue weighted by Crippen LogP contribution is -2.19. The normalized spacial score (nSPS) is 10.9. The molecule has 0 saturated heterocycles. The van der Waals surface area contributed by atoms with Crippen molar-refractivity contribution in [3.8, 4) is 11.5 Å². The first kappa shape index (κ1) is 21.9. The van der Waals surface area contributed by atoms with Gasteiger partial charge in [0.25, 0.3) is 5.91 Å². The number of nitrogens with one attached hydrogen (secondary N) is 2. The third-order valence-corrected chi connectivity index (χ3v) is 5.28. The summed E-state index contributed by atoms with van der Waals surface area (Å²) in [5.41, 5.74) is 8.13. The molecule has 0 heterocycles. The Bertz CT molecular complexity index is 1040. The lowest BCUT2D eigenvalue weighted by atomic mass is 9.82. The Balaban J connectivity index is 1.60. The highest BCUT2D eigenvalue weighted by Gasteiger charge is 2.17. The number of rotatable bonds is 7. The van der Waals surface area contributed by atoms with Crippen molar-refractivity contribution in [2.75, 3.05) is 10.6 Å². The van der Waals surface area contributed by atoms with E-state index >= 15 is 0 Å². The van der Waals surface area contributed by atoms with Crippen molar-refractivity contribution in [3.05, 3.63) is 83.9 Å². The van der Waals surface area contributed by atoms with E-state index in [1.807, 2.05) is 12.1 Å². The number of urea groups is 1. The molecule has 4 N–H and O–H groups in total. The van der Waals surface area contributed by atoms with Crippen LogP contribution >= 0.6 is 0 Å². The molecule has 0 radical (unpaired) electrons. The van der Waals surface area contributed by atoms with Crippen molar-refractivity contribution >= 4 is 23.3 Å². The number of primary amides is 1. The van der Waals surface area contributed by atoms with Gasteiger partial charge in [-0.3, -0.25) is 4.79 Å². The molecule has 3 amide bonds. The minimum Gasteiger partial charge on any atom is -0.457 e. The fourth-order valence-electron chi connectivity index (χ4n) is 2.97. The fraction of sp³-hybridized carbons (Fsp3) is 0.200. The van der Waals surface area contributed by atoms with Gasteiger partial charge in [-0.2, -0.15) is 0 Å². The number of carbonyl (C=O) groups excluding carboxylic acids is 2. The smallest absolute Gasteiger partial charge is 0.316 e. The Hall–Kier alpha value is -3.80. The Labute approximate surface area is 182 Å². The van der Waals surface area contributed by atoms with Crippen LogP contribution in [0.3, 0.4) is 0 Å². The first-order chi connectivity index (χ1) is 14.8. The van der Waals surface area contributed by atoms with Gasteiger partial charge >= 0.3 is 6.03 Å². The van der Waals surface area contributed by atoms with E-state index in [1.165, 1.54) is 5.56 Å². The van der Waals surface area contributed by atoms with Gasteiger partial charge in [-0.25, -0.2) is 4.79 Å². The molecule has 0 aromatic heterocycles. The summed E-state index contributed by atoms with van der Waals surface area (Å²) in [7, 11) is 0. The zero-order chi connectivity index (χ0) is 22.4. The zero-order valence-corrected chi connectivity index (χ0v) is 17.9. The van der Waals surface area contributed by atoms with E-state index in [0.29, 0.717) is 22.7 Å². The molecule has 0 fully saturated rings. The summed E-state index contributed by atoms with van der Waals surface area (Å²) in [6.45, 7) is 6.63. The lowest BCUT2D eigenvalue weighted by Gasteiger charge is -2.23. The number of carbonyl (C=O) groups is 2. The van der Waals surface area contributed by atoms with Crippen molar-refractivity contribution in [2.24, 2.45) is 5.73 Å². The van der Waals surface area contributed by atoms with Crippen molar-refractivity contribution < 1.29 is 14.3 Å². The molecule has 0 spiro atoms. The molecule has 6 heteroatoms. The van der Waals surface area contributed by atoms with Gasteiger partial charge < -0.3 is 21.1 Å². The van der Waals surface area contributed by atoms with Crippen LogP contribution in [0.25, 0.3) is 0 Å². The number of ether oxygens (including phenoxy) is 1. The molecule has 31 heavy (non-hydrogen) atoms. The topological polar surface area (TPSA) is 93.4 Å². The number of amides is 3. The lowest BCUT2D eigenvalue weighted by molar-refractivity contribution is 0.102. The number of benzene rings is 3. The predicted molar refractivity (Wildman–Crippen MR) is 124 cm³/mol. The molecule has 3 rings (SSSR count). The number of hydrogen-bond donors (Lipinski definition) is 3. The Morgan fingerprint density at radius 3 is 1.81 bits per heavy atom. The molecule has 0 aliphatic heterocycles. The molecule has 160 valence electrons. The van der Waals surface area contributed by atoms with E-state index in [-0.39, 0.29) is 11.3 Å². The van der Waals surface area contributed by atoms with Gasteiger partial charge in [-0.05, 0) is 78.1 Å². The fourth-order valence-corrected chi connectivity index (χ4v) is 2.97. The quantitative estimate of drug-likeness (QED) is 0.446. The van der Waals surface area contributed by atoms with Crippen LogP contribution < -0.4 is 21.1 Å². The molecule has 3 aromatic carbocycles. The van der Waals surface area contributed by atoms with Gasteiger partial charge in [0.15, 0.2) is 0 Å². The summed E-state index contributed by atoms with van der Waals surface area (Å²) in [4.78, 5) is 23.3. The van der Waals surface area contributed by atoms with Gasteiger partial charge in [-0.1, -0.05) is 32.9 Å². The maximum absolute atomic E-state index is 12.4. The van der Waals surface area contributed by atoms with E-state index < -0.39 is 6.03 Å². The standard InChI is InChI=1S/C25H27N3O3/c1-4-25(2,3)18-7-13-21(14-8-18)31-22-15-11-19(12-16-22)27-23(29)17-5-9-20(10-6-17)28-24(26)30/h5-16H,4H2,1-3H3,(H,27,29)(H3,26,28,30). The number of anilines is 2. The summed E-state index contributed by atoms with van der Waals surface area (Å²) in [5.74, 6) is 1.19. The molecule has 3 aromatic rings. The molecular weight excluding hydrogens is 390 g/mol. The molecule has 6 nitrogen and oxygen atoms in total. The Kier molecular flexibility index (Phi) is 6.60. The molecule has 0 aliphatic rings. The molecule has 0 atom stereocenters. The first-order valence-electron chi connectivity index (χ1n) is 10.1. The highest BCUT2D eigenvalue weighted by atomic mass is 16.5. The summed E-state index contributed by atoms with van der Waals surface area (Å²) < 4.78 is 5.91. The van der Waals surface area contributed by atoms with E-state index in [4.69, 9.17) is 10.5 Å². The second kappa shape index (κ2) is 9.34. The monoisotopic (exact) mass is 417 g/mol. The average Bonchev–Trinajstić information content (AvgIpc) is 2.75. The second-order valence-corrected chi connectivity index (χ2v) is 7.91. The highest BCUT2D eigenvalue weighted by Crippen LogP contribution is 2.30. The predicted octanol–water partition coefficient (Wildman–Crippen LogP) is 5.91. The minimum absolute atomic E-state index is 0.136. The Morgan fingerprint density at radius 1 is 0.806 bits per heavy atom. The van der Waals surface area contributed by atoms with Gasteiger partial charge in [0.1, 0.15) is 11.5 Å². The van der Waals surface area contributed by atoms with E-state index in [2.05, 4.69) is 43.5 Å². The zero-order valence-electron chi connectivity index (χ0n) is 17.9. The van der Waals surface area contributed by atoms with Crippen LogP contribution in [-0.2, 0) is 5.41 Å². The van der Waals surface area contributed by atoms with Crippen molar-refractivity contribution in [3.63, 3.8) is 0 Å². The molecular formula is C25H27N3O3. The molecule has 0 bridgehead atoms. The van der Waals surface area contributed by atoms with Crippen LogP contribution in [-0.4, -0.2) is 11.9 Å². The third-order valence-electron chi connectivity index (χ3n) is 5.28. The van der Waals surface area contributed by atoms with Crippen LogP contribution in [0, 0.1) is 0 Å². The number of hydrogen-bond acceptors (Lipinski definition) is 3. The first-order valence-corrected chi connectivity index (χ1v) is 10.1. The maximum atomic E-state index is 12.4. The van der Waals surface area contributed by atoms with Crippen LogP contribution in [0.15, 0.2) is 72.8 Å². The van der Waals surface area contributed by atoms with Crippen LogP contribution in [0.4, 0.5) is 16.2 Å². The van der Waals surface area contributed by atoms with Crippen LogP contribution in [0.1, 0.15) is 43.1 Å². The summed E-state index contributed by atoms with van der Waals surface area (Å²) in [6.07, 6.45) is 1.06. The Morgan fingerprint density at radius 2 is 1.29 bits per heavy atom. The molecule has 0 saturated carbocycles. The van der Waals surface area contributed by atoms with Gasteiger partial charge in [-0.15, -0.1) is 0 Å². The van der Waals surface area contributed by atoms with E-state index in [0.717, 1.165) is 12.2 Å². The van der Waals surface area contributed by atoms with Crippen LogP contribution in [0.5, 0.6) is 11.5 Å². The summed E-state index contributed by atoms with van der Waals surface area (Å²) >= 11 is 0. The minimum atomic E-state index is -0.653.